The van der Waals surface area contributed by atoms with Crippen molar-refractivity contribution in [2.45, 2.75) is 231 Å². The molecule has 0 fully saturated rings. The number of amides is 1. The number of aliphatic hydroxyl groups excluding tert-OH is 2. The van der Waals surface area contributed by atoms with Crippen LogP contribution in [0.25, 0.3) is 0 Å². The van der Waals surface area contributed by atoms with Crippen LogP contribution in [0, 0.1) is 0 Å². The van der Waals surface area contributed by atoms with Crippen molar-refractivity contribution in [3.63, 3.8) is 0 Å². The van der Waals surface area contributed by atoms with Crippen molar-refractivity contribution in [1.82, 2.24) is 5.32 Å². The molecule has 4 heteroatoms. The Bertz CT molecular complexity index is 1020. The molecule has 0 aromatic heterocycles. The van der Waals surface area contributed by atoms with Gasteiger partial charge in [0.15, 0.2) is 0 Å². The second-order valence-electron chi connectivity index (χ2n) is 15.8. The zero-order chi connectivity index (χ0) is 40.7. The van der Waals surface area contributed by atoms with E-state index in [2.05, 4.69) is 104 Å². The average molecular weight is 778 g/mol. The Morgan fingerprint density at radius 2 is 0.786 bits per heavy atom. The Balaban J connectivity index is 3.54. The summed E-state index contributed by atoms with van der Waals surface area (Å²) >= 11 is 0. The highest BCUT2D eigenvalue weighted by Gasteiger charge is 2.20. The molecule has 0 aliphatic carbocycles. The molecule has 0 saturated heterocycles. The minimum absolute atomic E-state index is 0.0394. The summed E-state index contributed by atoms with van der Waals surface area (Å²) in [4.78, 5) is 12.4. The van der Waals surface area contributed by atoms with E-state index < -0.39 is 12.1 Å². The van der Waals surface area contributed by atoms with Gasteiger partial charge < -0.3 is 15.5 Å². The van der Waals surface area contributed by atoms with Gasteiger partial charge in [0.25, 0.3) is 0 Å². The zero-order valence-electron chi connectivity index (χ0n) is 36.9. The number of aliphatic hydroxyl groups is 2. The molecule has 0 bridgehead atoms. The molecule has 2 atom stereocenters. The summed E-state index contributed by atoms with van der Waals surface area (Å²) in [5, 5.41) is 23.1. The predicted molar refractivity (Wildman–Crippen MR) is 248 cm³/mol. The van der Waals surface area contributed by atoms with Gasteiger partial charge in [-0.1, -0.05) is 227 Å². The second kappa shape index (κ2) is 46.9. The van der Waals surface area contributed by atoms with E-state index in [1.54, 1.807) is 0 Å². The fourth-order valence-electron chi connectivity index (χ4n) is 6.81. The fourth-order valence-corrected chi connectivity index (χ4v) is 6.81. The van der Waals surface area contributed by atoms with Crippen LogP contribution in [0.5, 0.6) is 0 Å². The summed E-state index contributed by atoms with van der Waals surface area (Å²) in [6.07, 6.45) is 68.2. The molecule has 0 aromatic carbocycles. The van der Waals surface area contributed by atoms with Gasteiger partial charge in [-0.3, -0.25) is 4.79 Å². The van der Waals surface area contributed by atoms with E-state index >= 15 is 0 Å². The Morgan fingerprint density at radius 1 is 0.446 bits per heavy atom. The lowest BCUT2D eigenvalue weighted by atomic mass is 10.0. The quantitative estimate of drug-likeness (QED) is 0.0427. The van der Waals surface area contributed by atoms with Gasteiger partial charge in [-0.05, 0) is 70.6 Å². The number of unbranched alkanes of at least 4 members (excludes halogenated alkanes) is 21. The number of nitrogens with one attached hydrogen (secondary N) is 1. The van der Waals surface area contributed by atoms with Gasteiger partial charge in [0.2, 0.25) is 5.91 Å². The van der Waals surface area contributed by atoms with E-state index in [9.17, 15) is 15.0 Å². The fraction of sp³-hybridized carbons (Fsp3) is 0.712. The first-order valence-electron chi connectivity index (χ1n) is 23.8. The maximum atomic E-state index is 12.4. The molecule has 1 amide bonds. The lowest BCUT2D eigenvalue weighted by molar-refractivity contribution is -0.123. The van der Waals surface area contributed by atoms with Gasteiger partial charge in [0, 0.05) is 6.42 Å². The number of allylic oxidation sites excluding steroid dienone is 14. The molecule has 322 valence electrons. The maximum Gasteiger partial charge on any atom is 0.220 e. The molecule has 0 aliphatic rings. The van der Waals surface area contributed by atoms with Crippen molar-refractivity contribution in [2.75, 3.05) is 6.61 Å². The lowest BCUT2D eigenvalue weighted by Gasteiger charge is -2.22. The molecule has 0 aromatic rings. The molecule has 0 radical (unpaired) electrons. The first-order chi connectivity index (χ1) is 27.7. The number of carbonyl (C=O) groups excluding carboxylic acids is 1. The van der Waals surface area contributed by atoms with Gasteiger partial charge >= 0.3 is 0 Å². The van der Waals surface area contributed by atoms with E-state index in [4.69, 9.17) is 0 Å². The normalized spacial score (nSPS) is 13.7. The van der Waals surface area contributed by atoms with E-state index in [0.717, 1.165) is 70.6 Å². The monoisotopic (exact) mass is 778 g/mol. The first-order valence-corrected chi connectivity index (χ1v) is 23.8. The second-order valence-corrected chi connectivity index (χ2v) is 15.8. The van der Waals surface area contributed by atoms with Crippen LogP contribution in [0.15, 0.2) is 85.1 Å². The first kappa shape index (κ1) is 53.6. The van der Waals surface area contributed by atoms with Crippen molar-refractivity contribution >= 4 is 5.91 Å². The minimum Gasteiger partial charge on any atom is -0.394 e. The molecule has 0 heterocycles. The van der Waals surface area contributed by atoms with Crippen molar-refractivity contribution in [3.05, 3.63) is 85.1 Å². The molecule has 0 rings (SSSR count). The molecular weight excluding hydrogens is 687 g/mol. The summed E-state index contributed by atoms with van der Waals surface area (Å²) in [7, 11) is 0. The number of rotatable bonds is 42. The van der Waals surface area contributed by atoms with Crippen LogP contribution in [-0.4, -0.2) is 34.9 Å². The van der Waals surface area contributed by atoms with E-state index in [1.807, 2.05) is 0 Å². The van der Waals surface area contributed by atoms with Crippen molar-refractivity contribution < 1.29 is 15.0 Å². The molecule has 0 spiro atoms. The number of carbonyl (C=O) groups is 1. The lowest BCUT2D eigenvalue weighted by Crippen LogP contribution is -2.45. The minimum atomic E-state index is -0.663. The Kier molecular flexibility index (Phi) is 44.9. The number of hydrogen-bond acceptors (Lipinski definition) is 3. The van der Waals surface area contributed by atoms with Crippen LogP contribution in [0.4, 0.5) is 0 Å². The van der Waals surface area contributed by atoms with Crippen LogP contribution in [0.3, 0.4) is 0 Å². The molecule has 2 unspecified atom stereocenters. The highest BCUT2D eigenvalue weighted by molar-refractivity contribution is 5.76. The Hall–Kier alpha value is -2.43. The van der Waals surface area contributed by atoms with Gasteiger partial charge in [-0.25, -0.2) is 0 Å². The third-order valence-corrected chi connectivity index (χ3v) is 10.4. The third-order valence-electron chi connectivity index (χ3n) is 10.4. The van der Waals surface area contributed by atoms with Crippen LogP contribution < -0.4 is 5.32 Å². The standard InChI is InChI=1S/C52H91NO3/c1-3-5-7-9-11-13-15-16-17-18-19-20-21-22-23-24-25-26-27-28-29-30-31-32-33-34-35-36-38-40-42-44-46-48-52(56)53-50(49-54)51(55)47-45-43-41-39-37-14-12-10-8-6-4-2/h5,7,11,13,16-17,19-20,22-23,25-26,28-29,50-51,54-55H,3-4,6,8-10,12,14-15,18,21,24,27,30-49H2,1-2H3,(H,53,56)/b7-5-,13-11-,17-16-,20-19-,23-22-,26-25-,29-28-. The van der Waals surface area contributed by atoms with Gasteiger partial charge in [-0.15, -0.1) is 0 Å². The number of hydrogen-bond donors (Lipinski definition) is 3. The van der Waals surface area contributed by atoms with Crippen LogP contribution >= 0.6 is 0 Å². The van der Waals surface area contributed by atoms with Crippen molar-refractivity contribution in [3.8, 4) is 0 Å². The Labute approximate surface area is 348 Å². The highest BCUT2D eigenvalue weighted by atomic mass is 16.3. The summed E-state index contributed by atoms with van der Waals surface area (Å²) in [5.74, 6) is -0.0394. The van der Waals surface area contributed by atoms with E-state index in [0.29, 0.717) is 12.8 Å². The predicted octanol–water partition coefficient (Wildman–Crippen LogP) is 15.2. The smallest absolute Gasteiger partial charge is 0.220 e. The summed E-state index contributed by atoms with van der Waals surface area (Å²) in [5.41, 5.74) is 0. The molecule has 3 N–H and O–H groups in total. The van der Waals surface area contributed by atoms with Crippen molar-refractivity contribution in [2.24, 2.45) is 0 Å². The van der Waals surface area contributed by atoms with Gasteiger partial charge in [0.05, 0.1) is 18.8 Å². The van der Waals surface area contributed by atoms with Gasteiger partial charge in [0.1, 0.15) is 0 Å². The van der Waals surface area contributed by atoms with Crippen LogP contribution in [0.1, 0.15) is 219 Å². The van der Waals surface area contributed by atoms with Crippen LogP contribution in [-0.2, 0) is 4.79 Å². The largest absolute Gasteiger partial charge is 0.394 e. The summed E-state index contributed by atoms with van der Waals surface area (Å²) < 4.78 is 0. The maximum absolute atomic E-state index is 12.4. The molecule has 56 heavy (non-hydrogen) atoms. The molecular formula is C52H91NO3. The molecule has 4 nitrogen and oxygen atoms in total. The molecule has 0 aliphatic heterocycles. The highest BCUT2D eigenvalue weighted by Crippen LogP contribution is 2.15. The zero-order valence-corrected chi connectivity index (χ0v) is 36.9. The van der Waals surface area contributed by atoms with Gasteiger partial charge in [-0.2, -0.15) is 0 Å². The summed E-state index contributed by atoms with van der Waals surface area (Å²) in [6, 6.07) is -0.541. The molecule has 0 saturated carbocycles. The average Bonchev–Trinajstić information content (AvgIpc) is 3.20. The van der Waals surface area contributed by atoms with Crippen molar-refractivity contribution in [1.29, 1.82) is 0 Å². The topological polar surface area (TPSA) is 69.6 Å². The van der Waals surface area contributed by atoms with E-state index in [1.165, 1.54) is 122 Å². The van der Waals surface area contributed by atoms with Crippen LogP contribution in [0.2, 0.25) is 0 Å². The third kappa shape index (κ3) is 42.7. The summed E-state index contributed by atoms with van der Waals surface area (Å²) in [6.45, 7) is 4.23. The van der Waals surface area contributed by atoms with E-state index in [-0.39, 0.29) is 12.5 Å². The Morgan fingerprint density at radius 3 is 1.18 bits per heavy atom. The SMILES string of the molecule is CC/C=C\C/C=C\C/C=C\C/C=C\C/C=C\C/C=C\C/C=C\CCCCCCCCCCCCCC(=O)NC(CO)C(O)CCCCCCCCCCCCC.